The van der Waals surface area contributed by atoms with Crippen molar-refractivity contribution in [3.8, 4) is 0 Å². The van der Waals surface area contributed by atoms with E-state index in [1.54, 1.807) is 0 Å². The van der Waals surface area contributed by atoms with Crippen molar-refractivity contribution < 1.29 is 4.79 Å². The summed E-state index contributed by atoms with van der Waals surface area (Å²) in [5.74, 6) is 0.0155. The highest BCUT2D eigenvalue weighted by atomic mass is 35.5. The highest BCUT2D eigenvalue weighted by Gasteiger charge is 2.20. The van der Waals surface area contributed by atoms with Crippen LogP contribution >= 0.6 is 11.6 Å². The van der Waals surface area contributed by atoms with E-state index in [0.29, 0.717) is 16.8 Å². The molecule has 0 bridgehead atoms. The molecule has 0 unspecified atom stereocenters. The van der Waals surface area contributed by atoms with E-state index >= 15 is 0 Å². The zero-order chi connectivity index (χ0) is 13.4. The summed E-state index contributed by atoms with van der Waals surface area (Å²) < 4.78 is 1.91. The number of carbonyl (C=O) groups is 1. The van der Waals surface area contributed by atoms with Gasteiger partial charge >= 0.3 is 0 Å². The number of benzene rings is 1. The van der Waals surface area contributed by atoms with Crippen molar-refractivity contribution in [3.63, 3.8) is 0 Å². The molecule has 4 heteroatoms. The molecular formula is C15H17ClN2O. The molecule has 1 fully saturated rings. The van der Waals surface area contributed by atoms with E-state index in [9.17, 15) is 4.79 Å². The first-order valence-corrected chi connectivity index (χ1v) is 7.09. The van der Waals surface area contributed by atoms with E-state index in [1.165, 1.54) is 12.8 Å². The van der Waals surface area contributed by atoms with Crippen molar-refractivity contribution in [2.24, 2.45) is 7.05 Å². The number of hydrogen-bond donors (Lipinski definition) is 1. The van der Waals surface area contributed by atoms with Crippen LogP contribution in [0.1, 0.15) is 36.2 Å². The fourth-order valence-electron chi connectivity index (χ4n) is 2.85. The molecule has 0 aliphatic heterocycles. The van der Waals surface area contributed by atoms with Crippen LogP contribution in [0.15, 0.2) is 24.3 Å². The zero-order valence-electron chi connectivity index (χ0n) is 10.9. The largest absolute Gasteiger partial charge is 0.348 e. The zero-order valence-corrected chi connectivity index (χ0v) is 11.7. The Morgan fingerprint density at radius 1 is 1.32 bits per heavy atom. The molecule has 0 saturated heterocycles. The fraction of sp³-hybridized carbons (Fsp3) is 0.400. The van der Waals surface area contributed by atoms with Crippen molar-refractivity contribution >= 4 is 28.4 Å². The lowest BCUT2D eigenvalue weighted by Crippen LogP contribution is -2.33. The number of rotatable bonds is 2. The van der Waals surface area contributed by atoms with Crippen LogP contribution in [0.5, 0.6) is 0 Å². The van der Waals surface area contributed by atoms with Crippen LogP contribution in [-0.4, -0.2) is 16.5 Å². The Morgan fingerprint density at radius 3 is 2.79 bits per heavy atom. The van der Waals surface area contributed by atoms with Crippen LogP contribution in [-0.2, 0) is 7.05 Å². The van der Waals surface area contributed by atoms with E-state index in [4.69, 9.17) is 11.6 Å². The lowest BCUT2D eigenvalue weighted by atomic mass is 10.2. The van der Waals surface area contributed by atoms with Gasteiger partial charge in [0.25, 0.3) is 5.91 Å². The number of hydrogen-bond acceptors (Lipinski definition) is 1. The maximum absolute atomic E-state index is 12.3. The van der Waals surface area contributed by atoms with E-state index < -0.39 is 0 Å². The first kappa shape index (κ1) is 12.5. The fourth-order valence-corrected chi connectivity index (χ4v) is 3.02. The minimum absolute atomic E-state index is 0.0155. The summed E-state index contributed by atoms with van der Waals surface area (Å²) in [7, 11) is 1.90. The van der Waals surface area contributed by atoms with Gasteiger partial charge in [-0.2, -0.15) is 0 Å². The van der Waals surface area contributed by atoms with E-state index in [2.05, 4.69) is 5.32 Å². The first-order valence-electron chi connectivity index (χ1n) is 6.71. The Labute approximate surface area is 117 Å². The average Bonchev–Trinajstić information content (AvgIpc) is 2.98. The number of nitrogens with one attached hydrogen (secondary N) is 1. The number of fused-ring (bicyclic) bond motifs is 1. The third-order valence-corrected chi connectivity index (χ3v) is 4.17. The van der Waals surface area contributed by atoms with Crippen LogP contribution in [0.25, 0.3) is 10.9 Å². The van der Waals surface area contributed by atoms with Crippen LogP contribution < -0.4 is 5.32 Å². The summed E-state index contributed by atoms with van der Waals surface area (Å²) in [6, 6.07) is 7.96. The molecule has 19 heavy (non-hydrogen) atoms. The van der Waals surface area contributed by atoms with Gasteiger partial charge in [-0.25, -0.2) is 0 Å². The molecule has 0 radical (unpaired) electrons. The third kappa shape index (κ3) is 2.35. The summed E-state index contributed by atoms with van der Waals surface area (Å²) >= 11 is 6.00. The van der Waals surface area contributed by atoms with E-state index in [-0.39, 0.29) is 5.91 Å². The molecule has 1 aliphatic carbocycles. The first-order chi connectivity index (χ1) is 9.15. The minimum Gasteiger partial charge on any atom is -0.348 e. The van der Waals surface area contributed by atoms with E-state index in [1.807, 2.05) is 35.9 Å². The van der Waals surface area contributed by atoms with Crippen molar-refractivity contribution in [3.05, 3.63) is 35.0 Å². The molecule has 0 spiro atoms. The van der Waals surface area contributed by atoms with Gasteiger partial charge in [0, 0.05) is 29.0 Å². The number of carbonyl (C=O) groups excluding carboxylic acids is 1. The second-order valence-corrected chi connectivity index (χ2v) is 5.68. The number of aromatic nitrogens is 1. The smallest absolute Gasteiger partial charge is 0.268 e. The molecular weight excluding hydrogens is 260 g/mol. The topological polar surface area (TPSA) is 34.0 Å². The van der Waals surface area contributed by atoms with Gasteiger partial charge in [0.2, 0.25) is 0 Å². The van der Waals surface area contributed by atoms with E-state index in [0.717, 1.165) is 23.7 Å². The molecule has 0 atom stereocenters. The highest BCUT2D eigenvalue weighted by molar-refractivity contribution is 6.31. The average molecular weight is 277 g/mol. The van der Waals surface area contributed by atoms with Gasteiger partial charge in [0.15, 0.2) is 0 Å². The Hall–Kier alpha value is -1.48. The predicted molar refractivity (Wildman–Crippen MR) is 77.7 cm³/mol. The SMILES string of the molecule is Cn1c(C(=O)NC2CCCC2)cc2ccc(Cl)cc21. The summed E-state index contributed by atoms with van der Waals surface area (Å²) in [5.41, 5.74) is 1.69. The monoisotopic (exact) mass is 276 g/mol. The van der Waals surface area contributed by atoms with Gasteiger partial charge in [-0.05, 0) is 31.0 Å². The molecule has 1 aromatic carbocycles. The Balaban J connectivity index is 1.91. The molecule has 1 N–H and O–H groups in total. The maximum atomic E-state index is 12.3. The minimum atomic E-state index is 0.0155. The summed E-state index contributed by atoms with van der Waals surface area (Å²) in [6.07, 6.45) is 4.63. The molecule has 100 valence electrons. The molecule has 1 amide bonds. The molecule has 1 aliphatic rings. The van der Waals surface area contributed by atoms with Crippen molar-refractivity contribution in [1.82, 2.24) is 9.88 Å². The number of aryl methyl sites for hydroxylation is 1. The molecule has 3 nitrogen and oxygen atoms in total. The standard InChI is InChI=1S/C15H17ClN2O/c1-18-13-9-11(16)7-6-10(13)8-14(18)15(19)17-12-4-2-3-5-12/h6-9,12H,2-5H2,1H3,(H,17,19). The second kappa shape index (κ2) is 4.89. The molecule has 1 aromatic heterocycles. The van der Waals surface area contributed by atoms with Crippen LogP contribution in [0.2, 0.25) is 5.02 Å². The van der Waals surface area contributed by atoms with Crippen LogP contribution in [0, 0.1) is 0 Å². The van der Waals surface area contributed by atoms with Gasteiger partial charge in [-0.1, -0.05) is 30.5 Å². The lowest BCUT2D eigenvalue weighted by Gasteiger charge is -2.12. The maximum Gasteiger partial charge on any atom is 0.268 e. The van der Waals surface area contributed by atoms with Crippen molar-refractivity contribution in [2.45, 2.75) is 31.7 Å². The Kier molecular flexibility index (Phi) is 3.23. The third-order valence-electron chi connectivity index (χ3n) is 3.93. The quantitative estimate of drug-likeness (QED) is 0.895. The van der Waals surface area contributed by atoms with Crippen LogP contribution in [0.3, 0.4) is 0 Å². The summed E-state index contributed by atoms with van der Waals surface area (Å²) in [6.45, 7) is 0. The normalized spacial score (nSPS) is 16.1. The van der Waals surface area contributed by atoms with Gasteiger partial charge in [-0.3, -0.25) is 4.79 Å². The van der Waals surface area contributed by atoms with Crippen molar-refractivity contribution in [2.75, 3.05) is 0 Å². The lowest BCUT2D eigenvalue weighted by molar-refractivity contribution is 0.0930. The highest BCUT2D eigenvalue weighted by Crippen LogP contribution is 2.23. The molecule has 1 heterocycles. The summed E-state index contributed by atoms with van der Waals surface area (Å²) in [5, 5.41) is 4.85. The van der Waals surface area contributed by atoms with Crippen LogP contribution in [0.4, 0.5) is 0 Å². The number of nitrogens with zero attached hydrogens (tertiary/aromatic N) is 1. The number of amides is 1. The van der Waals surface area contributed by atoms with Gasteiger partial charge < -0.3 is 9.88 Å². The Bertz CT molecular complexity index is 626. The van der Waals surface area contributed by atoms with Gasteiger partial charge in [0.05, 0.1) is 0 Å². The molecule has 1 saturated carbocycles. The van der Waals surface area contributed by atoms with Crippen molar-refractivity contribution in [1.29, 1.82) is 0 Å². The number of halogens is 1. The summed E-state index contributed by atoms with van der Waals surface area (Å²) in [4.78, 5) is 12.3. The molecule has 3 rings (SSSR count). The Morgan fingerprint density at radius 2 is 2.05 bits per heavy atom. The predicted octanol–water partition coefficient (Wildman–Crippen LogP) is 3.50. The van der Waals surface area contributed by atoms with Gasteiger partial charge in [-0.15, -0.1) is 0 Å². The molecule has 2 aromatic rings. The second-order valence-electron chi connectivity index (χ2n) is 5.25. The van der Waals surface area contributed by atoms with Gasteiger partial charge in [0.1, 0.15) is 5.69 Å².